The van der Waals surface area contributed by atoms with E-state index in [9.17, 15) is 8.42 Å². The Bertz CT molecular complexity index is 542. The van der Waals surface area contributed by atoms with Crippen LogP contribution in [0.25, 0.3) is 0 Å². The summed E-state index contributed by atoms with van der Waals surface area (Å²) in [5.41, 5.74) is 0. The fraction of sp³-hybridized carbons (Fsp3) is 0.500. The molecule has 0 aromatic heterocycles. The van der Waals surface area contributed by atoms with E-state index in [-0.39, 0.29) is 10.9 Å². The summed E-state index contributed by atoms with van der Waals surface area (Å²) in [5.74, 6) is 0.608. The number of benzene rings is 1. The first-order valence-corrected chi connectivity index (χ1v) is 8.37. The maximum atomic E-state index is 12.1. The average molecular weight is 349 g/mol. The fourth-order valence-electron chi connectivity index (χ4n) is 2.04. The Hall–Kier alpha value is -0.630. The minimum absolute atomic E-state index is 0.233. The smallest absolute Gasteiger partial charge is 0.240 e. The van der Waals surface area contributed by atoms with Crippen molar-refractivity contribution in [3.8, 4) is 5.75 Å². The average Bonchev–Trinajstić information content (AvgIpc) is 2.89. The van der Waals surface area contributed by atoms with Gasteiger partial charge in [-0.2, -0.15) is 0 Å². The van der Waals surface area contributed by atoms with Gasteiger partial charge in [-0.1, -0.05) is 0 Å². The lowest BCUT2D eigenvalue weighted by Gasteiger charge is -2.12. The molecule has 1 atom stereocenters. The highest BCUT2D eigenvalue weighted by Gasteiger charge is 2.20. The standard InChI is InChI=1S/C12H17BrN2O3S/c1-18-12-5-4-10(7-11(12)13)19(16,17)15-8-9-3-2-6-14-9/h4-5,7,9,14-15H,2-3,6,8H2,1H3/t9-/m0/s1. The van der Waals surface area contributed by atoms with Gasteiger partial charge in [0.15, 0.2) is 0 Å². The summed E-state index contributed by atoms with van der Waals surface area (Å²) in [4.78, 5) is 0.234. The normalized spacial score (nSPS) is 19.6. The molecule has 1 aliphatic rings. The van der Waals surface area contributed by atoms with Crippen LogP contribution in [0, 0.1) is 0 Å². The van der Waals surface area contributed by atoms with E-state index in [0.717, 1.165) is 19.4 Å². The van der Waals surface area contributed by atoms with Crippen LogP contribution < -0.4 is 14.8 Å². The number of halogens is 1. The Labute approximate surface area is 121 Å². The molecule has 1 fully saturated rings. The molecule has 1 aromatic rings. The molecule has 0 amide bonds. The zero-order valence-electron chi connectivity index (χ0n) is 10.6. The maximum Gasteiger partial charge on any atom is 0.240 e. The van der Waals surface area contributed by atoms with Crippen LogP contribution in [0.2, 0.25) is 0 Å². The van der Waals surface area contributed by atoms with Crippen molar-refractivity contribution in [2.45, 2.75) is 23.8 Å². The first-order chi connectivity index (χ1) is 9.03. The second-order valence-corrected chi connectivity index (χ2v) is 7.06. The number of hydrogen-bond donors (Lipinski definition) is 2. The van der Waals surface area contributed by atoms with Crippen molar-refractivity contribution in [1.29, 1.82) is 0 Å². The second kappa shape index (κ2) is 6.21. The summed E-state index contributed by atoms with van der Waals surface area (Å²) in [6.45, 7) is 1.38. The van der Waals surface area contributed by atoms with E-state index in [4.69, 9.17) is 4.74 Å². The van der Waals surface area contributed by atoms with Gasteiger partial charge in [-0.15, -0.1) is 0 Å². The number of rotatable bonds is 5. The predicted molar refractivity (Wildman–Crippen MR) is 76.9 cm³/mol. The molecule has 7 heteroatoms. The van der Waals surface area contributed by atoms with Crippen molar-refractivity contribution >= 4 is 26.0 Å². The molecule has 0 saturated carbocycles. The molecule has 1 heterocycles. The molecule has 1 aliphatic heterocycles. The molecule has 1 aromatic carbocycles. The third kappa shape index (κ3) is 3.68. The van der Waals surface area contributed by atoms with E-state index >= 15 is 0 Å². The van der Waals surface area contributed by atoms with Crippen LogP contribution in [-0.4, -0.2) is 34.7 Å². The zero-order chi connectivity index (χ0) is 13.9. The lowest BCUT2D eigenvalue weighted by molar-refractivity contribution is 0.411. The zero-order valence-corrected chi connectivity index (χ0v) is 13.1. The highest BCUT2D eigenvalue weighted by Crippen LogP contribution is 2.27. The van der Waals surface area contributed by atoms with Gasteiger partial charge < -0.3 is 10.1 Å². The molecule has 1 saturated heterocycles. The van der Waals surface area contributed by atoms with Gasteiger partial charge in [-0.3, -0.25) is 0 Å². The number of ether oxygens (including phenoxy) is 1. The molecule has 0 radical (unpaired) electrons. The molecule has 0 bridgehead atoms. The number of methoxy groups -OCH3 is 1. The Morgan fingerprint density at radius 2 is 2.32 bits per heavy atom. The minimum atomic E-state index is -3.47. The lowest BCUT2D eigenvalue weighted by Crippen LogP contribution is -2.37. The van der Waals surface area contributed by atoms with Crippen LogP contribution in [0.1, 0.15) is 12.8 Å². The van der Waals surface area contributed by atoms with E-state index in [2.05, 4.69) is 26.0 Å². The topological polar surface area (TPSA) is 67.4 Å². The van der Waals surface area contributed by atoms with Gasteiger partial charge in [-0.05, 0) is 53.5 Å². The van der Waals surface area contributed by atoms with E-state index < -0.39 is 10.0 Å². The van der Waals surface area contributed by atoms with Gasteiger partial charge >= 0.3 is 0 Å². The molecular formula is C12H17BrN2O3S. The minimum Gasteiger partial charge on any atom is -0.496 e. The molecular weight excluding hydrogens is 332 g/mol. The van der Waals surface area contributed by atoms with Gasteiger partial charge in [0, 0.05) is 12.6 Å². The first kappa shape index (κ1) is 14.8. The lowest BCUT2D eigenvalue weighted by atomic mass is 10.2. The van der Waals surface area contributed by atoms with Gasteiger partial charge in [0.1, 0.15) is 5.75 Å². The Morgan fingerprint density at radius 3 is 2.89 bits per heavy atom. The van der Waals surface area contributed by atoms with Crippen LogP contribution in [0.3, 0.4) is 0 Å². The summed E-state index contributed by atoms with van der Waals surface area (Å²) in [5, 5.41) is 3.25. The molecule has 19 heavy (non-hydrogen) atoms. The molecule has 0 unspecified atom stereocenters. The molecule has 0 spiro atoms. The van der Waals surface area contributed by atoms with Gasteiger partial charge in [-0.25, -0.2) is 13.1 Å². The number of hydrogen-bond acceptors (Lipinski definition) is 4. The summed E-state index contributed by atoms with van der Waals surface area (Å²) < 4.78 is 32.6. The summed E-state index contributed by atoms with van der Waals surface area (Å²) in [6, 6.07) is 4.94. The van der Waals surface area contributed by atoms with Crippen molar-refractivity contribution in [2.75, 3.05) is 20.2 Å². The summed E-state index contributed by atoms with van der Waals surface area (Å²) in [6.07, 6.45) is 2.11. The third-order valence-electron chi connectivity index (χ3n) is 3.12. The predicted octanol–water partition coefficient (Wildman–Crippen LogP) is 1.49. The first-order valence-electron chi connectivity index (χ1n) is 6.09. The largest absolute Gasteiger partial charge is 0.496 e. The van der Waals surface area contributed by atoms with Gasteiger partial charge in [0.05, 0.1) is 16.5 Å². The molecule has 5 nitrogen and oxygen atoms in total. The number of nitrogens with one attached hydrogen (secondary N) is 2. The quantitative estimate of drug-likeness (QED) is 0.845. The van der Waals surface area contributed by atoms with E-state index in [1.54, 1.807) is 12.1 Å². The monoisotopic (exact) mass is 348 g/mol. The Kier molecular flexibility index (Phi) is 4.83. The van der Waals surface area contributed by atoms with Crippen molar-refractivity contribution < 1.29 is 13.2 Å². The summed E-state index contributed by atoms with van der Waals surface area (Å²) in [7, 11) is -1.93. The Balaban J connectivity index is 2.08. The van der Waals surface area contributed by atoms with Gasteiger partial charge in [0.25, 0.3) is 0 Å². The Morgan fingerprint density at radius 1 is 1.53 bits per heavy atom. The van der Waals surface area contributed by atoms with Gasteiger partial charge in [0.2, 0.25) is 10.0 Å². The molecule has 0 aliphatic carbocycles. The van der Waals surface area contributed by atoms with Crippen LogP contribution in [-0.2, 0) is 10.0 Å². The van der Waals surface area contributed by atoms with Crippen LogP contribution in [0.5, 0.6) is 5.75 Å². The van der Waals surface area contributed by atoms with Crippen molar-refractivity contribution in [1.82, 2.24) is 10.0 Å². The highest BCUT2D eigenvalue weighted by atomic mass is 79.9. The van der Waals surface area contributed by atoms with E-state index in [0.29, 0.717) is 16.8 Å². The highest BCUT2D eigenvalue weighted by molar-refractivity contribution is 9.10. The van der Waals surface area contributed by atoms with Crippen molar-refractivity contribution in [2.24, 2.45) is 0 Å². The third-order valence-corrected chi connectivity index (χ3v) is 5.16. The van der Waals surface area contributed by atoms with E-state index in [1.807, 2.05) is 0 Å². The molecule has 106 valence electrons. The number of sulfonamides is 1. The van der Waals surface area contributed by atoms with Crippen LogP contribution >= 0.6 is 15.9 Å². The van der Waals surface area contributed by atoms with Crippen LogP contribution in [0.4, 0.5) is 0 Å². The maximum absolute atomic E-state index is 12.1. The van der Waals surface area contributed by atoms with Crippen molar-refractivity contribution in [3.05, 3.63) is 22.7 Å². The second-order valence-electron chi connectivity index (χ2n) is 4.44. The summed E-state index contributed by atoms with van der Waals surface area (Å²) >= 11 is 3.29. The molecule has 2 N–H and O–H groups in total. The SMILES string of the molecule is COc1ccc(S(=O)(=O)NC[C@@H]2CCCN2)cc1Br. The van der Waals surface area contributed by atoms with Crippen LogP contribution in [0.15, 0.2) is 27.6 Å². The fourth-order valence-corrected chi connectivity index (χ4v) is 3.84. The van der Waals surface area contributed by atoms with E-state index in [1.165, 1.54) is 13.2 Å². The molecule has 2 rings (SSSR count). The van der Waals surface area contributed by atoms with Crippen molar-refractivity contribution in [3.63, 3.8) is 0 Å².